The van der Waals surface area contributed by atoms with E-state index in [1.807, 2.05) is 19.2 Å². The van der Waals surface area contributed by atoms with Gasteiger partial charge in [-0.25, -0.2) is 15.0 Å². The molecule has 130 valence electrons. The summed E-state index contributed by atoms with van der Waals surface area (Å²) >= 11 is 1.51. The Morgan fingerprint density at radius 1 is 1.24 bits per heavy atom. The molecule has 0 radical (unpaired) electrons. The molecule has 25 heavy (non-hydrogen) atoms. The van der Waals surface area contributed by atoms with E-state index < -0.39 is 0 Å². The van der Waals surface area contributed by atoms with Crippen LogP contribution >= 0.6 is 11.3 Å². The fraction of sp³-hybridized carbons (Fsp3) is 0.353. The molecule has 0 saturated heterocycles. The molecule has 3 aromatic rings. The van der Waals surface area contributed by atoms with Crippen molar-refractivity contribution in [3.05, 3.63) is 46.6 Å². The summed E-state index contributed by atoms with van der Waals surface area (Å²) in [4.78, 5) is 24.9. The van der Waals surface area contributed by atoms with Crippen molar-refractivity contribution in [3.8, 4) is 10.8 Å². The summed E-state index contributed by atoms with van der Waals surface area (Å²) in [5, 5.41) is 9.59. The van der Waals surface area contributed by atoms with Gasteiger partial charge in [0.1, 0.15) is 5.76 Å². The largest absolute Gasteiger partial charge is 0.361 e. The minimum atomic E-state index is 0.0156. The van der Waals surface area contributed by atoms with Gasteiger partial charge < -0.3 is 9.84 Å². The molecule has 8 heteroatoms. The van der Waals surface area contributed by atoms with Crippen molar-refractivity contribution in [2.75, 3.05) is 6.54 Å². The molecule has 0 aliphatic carbocycles. The van der Waals surface area contributed by atoms with Crippen molar-refractivity contribution in [2.24, 2.45) is 0 Å². The lowest BCUT2D eigenvalue weighted by atomic mass is 10.1. The molecule has 0 unspecified atom stereocenters. The molecule has 7 nitrogen and oxygen atoms in total. The summed E-state index contributed by atoms with van der Waals surface area (Å²) in [5.41, 5.74) is 2.80. The second kappa shape index (κ2) is 7.98. The van der Waals surface area contributed by atoms with E-state index in [1.165, 1.54) is 11.3 Å². The lowest BCUT2D eigenvalue weighted by molar-refractivity contribution is -0.121. The number of aromatic nitrogens is 4. The zero-order chi connectivity index (χ0) is 17.6. The molecule has 1 amide bonds. The van der Waals surface area contributed by atoms with Crippen molar-refractivity contribution in [2.45, 2.75) is 33.1 Å². The maximum atomic E-state index is 12.0. The topological polar surface area (TPSA) is 93.8 Å². The molecule has 3 aromatic heterocycles. The fourth-order valence-corrected chi connectivity index (χ4v) is 3.25. The van der Waals surface area contributed by atoms with Crippen molar-refractivity contribution < 1.29 is 9.32 Å². The van der Waals surface area contributed by atoms with Crippen LogP contribution in [0.4, 0.5) is 0 Å². The maximum Gasteiger partial charge on any atom is 0.220 e. The minimum Gasteiger partial charge on any atom is -0.361 e. The highest BCUT2D eigenvalue weighted by atomic mass is 32.1. The molecule has 3 heterocycles. The molecule has 0 aliphatic heterocycles. The zero-order valence-corrected chi connectivity index (χ0v) is 15.0. The van der Waals surface area contributed by atoms with Gasteiger partial charge in [0.15, 0.2) is 10.8 Å². The van der Waals surface area contributed by atoms with E-state index >= 15 is 0 Å². The van der Waals surface area contributed by atoms with Gasteiger partial charge in [-0.3, -0.25) is 4.79 Å². The number of amides is 1. The van der Waals surface area contributed by atoms with Crippen molar-refractivity contribution in [1.82, 2.24) is 25.4 Å². The van der Waals surface area contributed by atoms with Gasteiger partial charge in [0, 0.05) is 42.7 Å². The molecule has 0 bridgehead atoms. The van der Waals surface area contributed by atoms with Gasteiger partial charge in [-0.1, -0.05) is 5.16 Å². The second-order valence-electron chi connectivity index (χ2n) is 5.62. The molecule has 0 fully saturated rings. The van der Waals surface area contributed by atoms with Crippen LogP contribution in [-0.4, -0.2) is 32.6 Å². The average Bonchev–Trinajstić information content (AvgIpc) is 3.21. The fourth-order valence-electron chi connectivity index (χ4n) is 2.45. The first-order valence-electron chi connectivity index (χ1n) is 8.03. The van der Waals surface area contributed by atoms with Gasteiger partial charge in [-0.2, -0.15) is 0 Å². The Labute approximate surface area is 149 Å². The van der Waals surface area contributed by atoms with Gasteiger partial charge in [-0.05, 0) is 26.3 Å². The summed E-state index contributed by atoms with van der Waals surface area (Å²) in [6, 6.07) is 1.77. The van der Waals surface area contributed by atoms with Crippen LogP contribution in [0.15, 0.2) is 28.4 Å². The number of nitrogens with zero attached hydrogens (tertiary/aromatic N) is 4. The zero-order valence-electron chi connectivity index (χ0n) is 14.2. The second-order valence-corrected chi connectivity index (χ2v) is 6.48. The molecule has 0 spiro atoms. The smallest absolute Gasteiger partial charge is 0.220 e. The first kappa shape index (κ1) is 17.2. The van der Waals surface area contributed by atoms with Crippen molar-refractivity contribution in [3.63, 3.8) is 0 Å². The standard InChI is InChI=1S/C17H19N5O2S/c1-11-14(12(2)24-22-11)4-5-15(23)18-9-6-13-10-25-17(21-13)16-19-7-3-8-20-16/h3,7-8,10H,4-6,9H2,1-2H3,(H,18,23). The van der Waals surface area contributed by atoms with Crippen LogP contribution in [0.5, 0.6) is 0 Å². The summed E-state index contributed by atoms with van der Waals surface area (Å²) in [7, 11) is 0. The summed E-state index contributed by atoms with van der Waals surface area (Å²) in [5.74, 6) is 1.42. The summed E-state index contributed by atoms with van der Waals surface area (Å²) in [6.45, 7) is 4.31. The minimum absolute atomic E-state index is 0.0156. The third-order valence-electron chi connectivity index (χ3n) is 3.80. The number of hydrogen-bond donors (Lipinski definition) is 1. The van der Waals surface area contributed by atoms with E-state index in [2.05, 4.69) is 25.4 Å². The predicted molar refractivity (Wildman–Crippen MR) is 94.2 cm³/mol. The maximum absolute atomic E-state index is 12.0. The predicted octanol–water partition coefficient (Wildman–Crippen LogP) is 2.50. The quantitative estimate of drug-likeness (QED) is 0.698. The number of carbonyl (C=O) groups excluding carboxylic acids is 1. The van der Waals surface area contributed by atoms with Gasteiger partial charge in [0.2, 0.25) is 5.91 Å². The van der Waals surface area contributed by atoms with Gasteiger partial charge in [0.05, 0.1) is 11.4 Å². The van der Waals surface area contributed by atoms with Crippen LogP contribution in [0.1, 0.15) is 29.1 Å². The van der Waals surface area contributed by atoms with Gasteiger partial charge in [-0.15, -0.1) is 11.3 Å². The van der Waals surface area contributed by atoms with E-state index in [1.54, 1.807) is 18.5 Å². The Morgan fingerprint density at radius 3 is 2.76 bits per heavy atom. The summed E-state index contributed by atoms with van der Waals surface area (Å²) in [6.07, 6.45) is 5.13. The van der Waals surface area contributed by atoms with Crippen LogP contribution in [-0.2, 0) is 17.6 Å². The third-order valence-corrected chi connectivity index (χ3v) is 4.68. The van der Waals surface area contributed by atoms with E-state index in [9.17, 15) is 4.79 Å². The van der Waals surface area contributed by atoms with E-state index in [0.29, 0.717) is 31.6 Å². The van der Waals surface area contributed by atoms with Gasteiger partial charge >= 0.3 is 0 Å². The number of hydrogen-bond acceptors (Lipinski definition) is 7. The highest BCUT2D eigenvalue weighted by molar-refractivity contribution is 7.13. The summed E-state index contributed by atoms with van der Waals surface area (Å²) < 4.78 is 5.11. The van der Waals surface area contributed by atoms with E-state index in [0.717, 1.165) is 27.7 Å². The number of carbonyl (C=O) groups is 1. The highest BCUT2D eigenvalue weighted by Crippen LogP contribution is 2.19. The van der Waals surface area contributed by atoms with Crippen LogP contribution in [0.2, 0.25) is 0 Å². The third kappa shape index (κ3) is 4.48. The molecule has 0 saturated carbocycles. The van der Waals surface area contributed by atoms with Crippen molar-refractivity contribution >= 4 is 17.2 Å². The molecular formula is C17H19N5O2S. The molecule has 0 aliphatic rings. The highest BCUT2D eigenvalue weighted by Gasteiger charge is 2.11. The van der Waals surface area contributed by atoms with Crippen LogP contribution in [0.3, 0.4) is 0 Å². The van der Waals surface area contributed by atoms with Crippen molar-refractivity contribution in [1.29, 1.82) is 0 Å². The number of rotatable bonds is 7. The monoisotopic (exact) mass is 357 g/mol. The normalized spacial score (nSPS) is 10.8. The Hall–Kier alpha value is -2.61. The van der Waals surface area contributed by atoms with E-state index in [-0.39, 0.29) is 5.91 Å². The molecule has 1 N–H and O–H groups in total. The molecular weight excluding hydrogens is 338 g/mol. The number of aryl methyl sites for hydroxylation is 2. The van der Waals surface area contributed by atoms with Crippen LogP contribution in [0, 0.1) is 13.8 Å². The average molecular weight is 357 g/mol. The van der Waals surface area contributed by atoms with Crippen LogP contribution < -0.4 is 5.32 Å². The first-order chi connectivity index (χ1) is 12.1. The Bertz CT molecular complexity index is 824. The van der Waals surface area contributed by atoms with E-state index in [4.69, 9.17) is 4.52 Å². The van der Waals surface area contributed by atoms with Gasteiger partial charge in [0.25, 0.3) is 0 Å². The Balaban J connectivity index is 1.44. The Kier molecular flexibility index (Phi) is 5.49. The lowest BCUT2D eigenvalue weighted by Crippen LogP contribution is -2.26. The molecule has 0 atom stereocenters. The molecule has 3 rings (SSSR count). The first-order valence-corrected chi connectivity index (χ1v) is 8.91. The molecule has 0 aromatic carbocycles. The number of thiazole rings is 1. The van der Waals surface area contributed by atoms with Crippen LogP contribution in [0.25, 0.3) is 10.8 Å². The number of nitrogens with one attached hydrogen (secondary N) is 1. The SMILES string of the molecule is Cc1noc(C)c1CCC(=O)NCCc1csc(-c2ncccn2)n1. The lowest BCUT2D eigenvalue weighted by Gasteiger charge is -2.04. The Morgan fingerprint density at radius 2 is 2.04 bits per heavy atom.